The Balaban J connectivity index is 2.72. The third-order valence-corrected chi connectivity index (χ3v) is 3.38. The molecular formula is C14H9F7O4. The lowest BCUT2D eigenvalue weighted by molar-refractivity contribution is -0.349. The molecule has 1 heterocycles. The number of halogens is 7. The number of aliphatic hydroxyl groups is 1. The Morgan fingerprint density at radius 3 is 2.20 bits per heavy atom. The van der Waals surface area contributed by atoms with Crippen LogP contribution in [0.4, 0.5) is 30.7 Å². The fraction of sp³-hybridized carbons (Fsp3) is 0.357. The third-order valence-electron chi connectivity index (χ3n) is 3.38. The Labute approximate surface area is 135 Å². The van der Waals surface area contributed by atoms with Crippen LogP contribution < -0.4 is 4.74 Å². The van der Waals surface area contributed by atoms with Crippen molar-refractivity contribution in [1.82, 2.24) is 0 Å². The summed E-state index contributed by atoms with van der Waals surface area (Å²) in [6.45, 7) is 0. The average Bonchev–Trinajstić information content (AvgIpc) is 2.52. The second kappa shape index (κ2) is 5.90. The monoisotopic (exact) mass is 374 g/mol. The van der Waals surface area contributed by atoms with Gasteiger partial charge in [0.25, 0.3) is 0 Å². The van der Waals surface area contributed by atoms with E-state index in [2.05, 4.69) is 9.47 Å². The number of rotatable bonds is 3. The molecule has 1 unspecified atom stereocenters. The van der Waals surface area contributed by atoms with Gasteiger partial charge in [-0.05, 0) is 6.07 Å². The van der Waals surface area contributed by atoms with Gasteiger partial charge in [-0.2, -0.15) is 30.7 Å². The second-order valence-electron chi connectivity index (χ2n) is 4.92. The third kappa shape index (κ3) is 2.81. The van der Waals surface area contributed by atoms with Gasteiger partial charge >= 0.3 is 24.0 Å². The average molecular weight is 374 g/mol. The molecule has 1 aliphatic heterocycles. The van der Waals surface area contributed by atoms with Crippen molar-refractivity contribution < 1.29 is 50.1 Å². The largest absolute Gasteiger partial charge is 0.465 e. The van der Waals surface area contributed by atoms with Gasteiger partial charge in [0.1, 0.15) is 17.4 Å². The summed E-state index contributed by atoms with van der Waals surface area (Å²) in [4.78, 5) is 11.6. The van der Waals surface area contributed by atoms with Crippen molar-refractivity contribution in [2.45, 2.75) is 24.1 Å². The summed E-state index contributed by atoms with van der Waals surface area (Å²) in [5, 5.41) is 10.0. The highest BCUT2D eigenvalue weighted by Crippen LogP contribution is 2.53. The lowest BCUT2D eigenvalue weighted by Gasteiger charge is -2.34. The van der Waals surface area contributed by atoms with Gasteiger partial charge < -0.3 is 14.6 Å². The van der Waals surface area contributed by atoms with Crippen LogP contribution in [0, 0.1) is 0 Å². The lowest BCUT2D eigenvalue weighted by atomic mass is 9.93. The van der Waals surface area contributed by atoms with E-state index in [1.54, 1.807) is 0 Å². The first-order valence-electron chi connectivity index (χ1n) is 6.46. The highest BCUT2D eigenvalue weighted by atomic mass is 19.4. The molecule has 0 radical (unpaired) electrons. The number of benzene rings is 1. The number of allylic oxidation sites excluding steroid dienone is 1. The number of esters is 1. The van der Waals surface area contributed by atoms with Crippen molar-refractivity contribution in [2.24, 2.45) is 0 Å². The van der Waals surface area contributed by atoms with E-state index >= 15 is 0 Å². The smallest absolute Gasteiger partial charge is 0.460 e. The van der Waals surface area contributed by atoms with Gasteiger partial charge in [0.2, 0.25) is 0 Å². The van der Waals surface area contributed by atoms with Crippen LogP contribution in [0.3, 0.4) is 0 Å². The van der Waals surface area contributed by atoms with Crippen LogP contribution in [-0.4, -0.2) is 36.2 Å². The Morgan fingerprint density at radius 2 is 1.68 bits per heavy atom. The summed E-state index contributed by atoms with van der Waals surface area (Å²) >= 11 is 0. The highest BCUT2D eigenvalue weighted by Gasteiger charge is 2.76. The van der Waals surface area contributed by atoms with Gasteiger partial charge in [-0.3, -0.25) is 0 Å². The summed E-state index contributed by atoms with van der Waals surface area (Å²) in [5.74, 6) is -17.2. The Kier molecular flexibility index (Phi) is 4.49. The van der Waals surface area contributed by atoms with Crippen LogP contribution in [0.25, 0.3) is 0 Å². The zero-order chi connectivity index (χ0) is 19.2. The predicted molar refractivity (Wildman–Crippen MR) is 67.0 cm³/mol. The molecule has 0 aromatic heterocycles. The summed E-state index contributed by atoms with van der Waals surface area (Å²) in [5.41, 5.74) is -1.83. The molecule has 25 heavy (non-hydrogen) atoms. The first kappa shape index (κ1) is 19.0. The van der Waals surface area contributed by atoms with E-state index in [0.29, 0.717) is 7.11 Å². The van der Waals surface area contributed by atoms with E-state index in [0.717, 1.165) is 12.1 Å². The number of carbonyl (C=O) groups is 1. The van der Waals surface area contributed by atoms with E-state index in [1.165, 1.54) is 12.1 Å². The molecule has 4 nitrogen and oxygen atoms in total. The van der Waals surface area contributed by atoms with Crippen LogP contribution in [0.5, 0.6) is 5.75 Å². The fourth-order valence-electron chi connectivity index (χ4n) is 2.11. The Hall–Kier alpha value is -2.30. The molecular weight excluding hydrogens is 365 g/mol. The minimum Gasteiger partial charge on any atom is -0.465 e. The molecule has 1 aromatic carbocycles. The van der Waals surface area contributed by atoms with Gasteiger partial charge in [0.05, 0.1) is 7.11 Å². The van der Waals surface area contributed by atoms with E-state index in [9.17, 15) is 40.6 Å². The van der Waals surface area contributed by atoms with E-state index in [4.69, 9.17) is 0 Å². The molecule has 0 bridgehead atoms. The molecule has 1 aromatic rings. The van der Waals surface area contributed by atoms with E-state index < -0.39 is 47.2 Å². The van der Waals surface area contributed by atoms with Crippen LogP contribution in [0.2, 0.25) is 0 Å². The maximum Gasteiger partial charge on any atom is 0.460 e. The minimum absolute atomic E-state index is 0.280. The molecule has 0 fully saturated rings. The van der Waals surface area contributed by atoms with Crippen molar-refractivity contribution in [3.63, 3.8) is 0 Å². The molecule has 2 rings (SSSR count). The number of para-hydroxylation sites is 1. The highest BCUT2D eigenvalue weighted by molar-refractivity contribution is 5.91. The van der Waals surface area contributed by atoms with Gasteiger partial charge in [-0.25, -0.2) is 4.79 Å². The number of alkyl halides is 7. The van der Waals surface area contributed by atoms with Crippen LogP contribution in [-0.2, 0) is 9.53 Å². The molecule has 0 spiro atoms. The zero-order valence-corrected chi connectivity index (χ0v) is 12.2. The number of carbonyl (C=O) groups excluding carboxylic acids is 1. The quantitative estimate of drug-likeness (QED) is 0.651. The Morgan fingerprint density at radius 1 is 1.12 bits per heavy atom. The topological polar surface area (TPSA) is 55.8 Å². The lowest BCUT2D eigenvalue weighted by Crippen LogP contribution is -2.54. The standard InChI is InChI=1S/C14H9F7O4/c1-24-11(23)8-9(22)6-4-2-3-5-7(6)25-10(8)12(15,16)13(17,18)14(19,20)21/h2-5,9,22H,1H3. The van der Waals surface area contributed by atoms with Crippen LogP contribution in [0.15, 0.2) is 35.6 Å². The van der Waals surface area contributed by atoms with Crippen molar-refractivity contribution in [2.75, 3.05) is 7.11 Å². The Bertz CT molecular complexity index is 724. The maximum absolute atomic E-state index is 14.0. The summed E-state index contributed by atoms with van der Waals surface area (Å²) in [7, 11) is 0.667. The summed E-state index contributed by atoms with van der Waals surface area (Å²) < 4.78 is 100. The molecule has 0 saturated carbocycles. The number of ether oxygens (including phenoxy) is 2. The molecule has 11 heteroatoms. The molecule has 0 amide bonds. The molecule has 0 saturated heterocycles. The summed E-state index contributed by atoms with van der Waals surface area (Å²) in [6.07, 6.45) is -8.89. The molecule has 1 aliphatic rings. The van der Waals surface area contributed by atoms with Crippen molar-refractivity contribution in [3.05, 3.63) is 41.2 Å². The number of hydrogen-bond acceptors (Lipinski definition) is 4. The first-order valence-corrected chi connectivity index (χ1v) is 6.46. The molecule has 0 aliphatic carbocycles. The zero-order valence-electron chi connectivity index (χ0n) is 12.2. The number of methoxy groups -OCH3 is 1. The van der Waals surface area contributed by atoms with Gasteiger partial charge in [0.15, 0.2) is 5.76 Å². The maximum atomic E-state index is 14.0. The van der Waals surface area contributed by atoms with Crippen LogP contribution >= 0.6 is 0 Å². The summed E-state index contributed by atoms with van der Waals surface area (Å²) in [6, 6.07) is 4.56. The SMILES string of the molecule is COC(=O)C1=C(C(F)(F)C(F)(F)C(F)(F)F)Oc2ccccc2C1O. The molecule has 138 valence electrons. The number of aliphatic hydroxyl groups excluding tert-OH is 1. The number of fused-ring (bicyclic) bond motifs is 1. The van der Waals surface area contributed by atoms with Crippen molar-refractivity contribution >= 4 is 5.97 Å². The predicted octanol–water partition coefficient (Wildman–Crippen LogP) is 3.37. The minimum atomic E-state index is -6.64. The number of hydrogen-bond donors (Lipinski definition) is 1. The first-order chi connectivity index (χ1) is 11.4. The van der Waals surface area contributed by atoms with Crippen LogP contribution in [0.1, 0.15) is 11.7 Å². The normalized spacial score (nSPS) is 18.5. The molecule has 1 N–H and O–H groups in total. The molecule has 1 atom stereocenters. The van der Waals surface area contributed by atoms with E-state index in [-0.39, 0.29) is 5.56 Å². The van der Waals surface area contributed by atoms with Gasteiger partial charge in [-0.15, -0.1) is 0 Å². The second-order valence-corrected chi connectivity index (χ2v) is 4.92. The van der Waals surface area contributed by atoms with E-state index in [1.807, 2.05) is 0 Å². The van der Waals surface area contributed by atoms with Gasteiger partial charge in [-0.1, -0.05) is 18.2 Å². The van der Waals surface area contributed by atoms with Gasteiger partial charge in [0, 0.05) is 5.56 Å². The van der Waals surface area contributed by atoms with Crippen molar-refractivity contribution in [1.29, 1.82) is 0 Å². The fourth-order valence-corrected chi connectivity index (χ4v) is 2.11. The van der Waals surface area contributed by atoms with Crippen molar-refractivity contribution in [3.8, 4) is 5.75 Å².